The first-order valence-electron chi connectivity index (χ1n) is 8.93. The summed E-state index contributed by atoms with van der Waals surface area (Å²) < 4.78 is 6.18. The molecule has 2 rings (SSSR count). The van der Waals surface area contributed by atoms with Crippen molar-refractivity contribution >= 4 is 51.8 Å². The standard InChI is InChI=1S/C19H26BrN5O2.HI/c1-13(2)17-11-16(27-25-17)12-24-19(21-3)23-9-5-8-22-18(26)14-6-4-7-15(20)10-14;/h4,6-7,10-11,13H,5,8-9,12H2,1-3H3,(H,22,26)(H2,21,23,24);1H. The lowest BCUT2D eigenvalue weighted by molar-refractivity contribution is 0.0953. The van der Waals surface area contributed by atoms with E-state index < -0.39 is 0 Å². The Labute approximate surface area is 191 Å². The SMILES string of the molecule is CN=C(NCCCNC(=O)c1cccc(Br)c1)NCc1cc(C(C)C)no1.I. The largest absolute Gasteiger partial charge is 0.359 e. The molecule has 1 heterocycles. The molecule has 9 heteroatoms. The third-order valence-corrected chi connectivity index (χ3v) is 4.33. The van der Waals surface area contributed by atoms with Gasteiger partial charge in [0.2, 0.25) is 0 Å². The maximum Gasteiger partial charge on any atom is 0.251 e. The number of nitrogens with zero attached hydrogens (tertiary/aromatic N) is 2. The van der Waals surface area contributed by atoms with E-state index in [1.807, 2.05) is 18.2 Å². The van der Waals surface area contributed by atoms with Crippen molar-refractivity contribution in [2.75, 3.05) is 20.1 Å². The van der Waals surface area contributed by atoms with Crippen molar-refractivity contribution in [3.63, 3.8) is 0 Å². The monoisotopic (exact) mass is 563 g/mol. The average molecular weight is 564 g/mol. The predicted molar refractivity (Wildman–Crippen MR) is 125 cm³/mol. The molecule has 0 atom stereocenters. The van der Waals surface area contributed by atoms with Gasteiger partial charge in [0.05, 0.1) is 12.2 Å². The Morgan fingerprint density at radius 1 is 1.21 bits per heavy atom. The summed E-state index contributed by atoms with van der Waals surface area (Å²) in [6.07, 6.45) is 0.778. The number of hydrogen-bond acceptors (Lipinski definition) is 4. The minimum absolute atomic E-state index is 0. The summed E-state index contributed by atoms with van der Waals surface area (Å²) in [6, 6.07) is 9.27. The summed E-state index contributed by atoms with van der Waals surface area (Å²) in [4.78, 5) is 16.2. The summed E-state index contributed by atoms with van der Waals surface area (Å²) in [5, 5.41) is 13.3. The topological polar surface area (TPSA) is 91.5 Å². The van der Waals surface area contributed by atoms with Crippen LogP contribution in [0.1, 0.15) is 48.0 Å². The number of benzene rings is 1. The molecule has 0 radical (unpaired) electrons. The summed E-state index contributed by atoms with van der Waals surface area (Å²) in [5.41, 5.74) is 1.58. The van der Waals surface area contributed by atoms with E-state index in [2.05, 4.69) is 55.9 Å². The zero-order chi connectivity index (χ0) is 19.6. The molecule has 0 bridgehead atoms. The highest BCUT2D eigenvalue weighted by Crippen LogP contribution is 2.13. The van der Waals surface area contributed by atoms with Gasteiger partial charge in [0.25, 0.3) is 5.91 Å². The van der Waals surface area contributed by atoms with Gasteiger partial charge < -0.3 is 20.5 Å². The van der Waals surface area contributed by atoms with Gasteiger partial charge >= 0.3 is 0 Å². The Hall–Kier alpha value is -1.62. The Morgan fingerprint density at radius 2 is 1.96 bits per heavy atom. The molecule has 28 heavy (non-hydrogen) atoms. The molecule has 1 aromatic carbocycles. The highest BCUT2D eigenvalue weighted by Gasteiger charge is 2.08. The van der Waals surface area contributed by atoms with Gasteiger partial charge in [-0.15, -0.1) is 24.0 Å². The van der Waals surface area contributed by atoms with Crippen LogP contribution in [0.4, 0.5) is 0 Å². The first-order chi connectivity index (χ1) is 13.0. The molecule has 2 aromatic rings. The molecule has 0 saturated carbocycles. The normalized spacial score (nSPS) is 11.1. The van der Waals surface area contributed by atoms with Crippen molar-refractivity contribution in [3.05, 3.63) is 51.8 Å². The van der Waals surface area contributed by atoms with E-state index in [9.17, 15) is 4.79 Å². The number of carbonyl (C=O) groups excluding carboxylic acids is 1. The molecule has 0 unspecified atom stereocenters. The smallest absolute Gasteiger partial charge is 0.251 e. The number of amides is 1. The maximum atomic E-state index is 12.1. The number of aliphatic imine (C=N–C) groups is 1. The van der Waals surface area contributed by atoms with Crippen LogP contribution in [0.2, 0.25) is 0 Å². The quantitative estimate of drug-likeness (QED) is 0.197. The van der Waals surface area contributed by atoms with Crippen molar-refractivity contribution in [1.82, 2.24) is 21.1 Å². The zero-order valence-corrected chi connectivity index (χ0v) is 20.2. The van der Waals surface area contributed by atoms with Crippen LogP contribution in [0.15, 0.2) is 44.3 Å². The Balaban J connectivity index is 0.00000392. The van der Waals surface area contributed by atoms with Gasteiger partial charge in [0, 0.05) is 36.2 Å². The van der Waals surface area contributed by atoms with Gasteiger partial charge in [-0.1, -0.05) is 41.0 Å². The number of nitrogens with one attached hydrogen (secondary N) is 3. The molecule has 0 fully saturated rings. The fraction of sp³-hybridized carbons (Fsp3) is 0.421. The Kier molecular flexibility index (Phi) is 11.1. The van der Waals surface area contributed by atoms with E-state index in [4.69, 9.17) is 4.52 Å². The number of hydrogen-bond donors (Lipinski definition) is 3. The van der Waals surface area contributed by atoms with E-state index in [0.29, 0.717) is 37.1 Å². The minimum atomic E-state index is -0.0786. The second-order valence-electron chi connectivity index (χ2n) is 6.35. The summed E-state index contributed by atoms with van der Waals surface area (Å²) in [5.74, 6) is 1.70. The van der Waals surface area contributed by atoms with Gasteiger partial charge in [0.1, 0.15) is 0 Å². The molecule has 0 aliphatic carbocycles. The van der Waals surface area contributed by atoms with Gasteiger partial charge in [-0.2, -0.15) is 0 Å². The van der Waals surface area contributed by atoms with Gasteiger partial charge in [0.15, 0.2) is 11.7 Å². The lowest BCUT2D eigenvalue weighted by Crippen LogP contribution is -2.38. The number of carbonyl (C=O) groups is 1. The first kappa shape index (κ1) is 24.4. The molecule has 1 aromatic heterocycles. The molecular weight excluding hydrogens is 537 g/mol. The predicted octanol–water partition coefficient (Wildman–Crippen LogP) is 3.66. The number of guanidine groups is 1. The second kappa shape index (κ2) is 12.8. The number of aromatic nitrogens is 1. The van der Waals surface area contributed by atoms with E-state index in [0.717, 1.165) is 22.3 Å². The number of halogens is 2. The molecule has 0 aliphatic heterocycles. The van der Waals surface area contributed by atoms with Crippen LogP contribution in [0.25, 0.3) is 0 Å². The zero-order valence-electron chi connectivity index (χ0n) is 16.3. The first-order valence-corrected chi connectivity index (χ1v) is 9.72. The van der Waals surface area contributed by atoms with Crippen molar-refractivity contribution in [2.24, 2.45) is 4.99 Å². The van der Waals surface area contributed by atoms with Crippen molar-refractivity contribution in [2.45, 2.75) is 32.7 Å². The molecule has 0 saturated heterocycles. The van der Waals surface area contributed by atoms with Gasteiger partial charge in [-0.05, 0) is 30.5 Å². The summed E-state index contributed by atoms with van der Waals surface area (Å²) in [6.45, 7) is 5.93. The Morgan fingerprint density at radius 3 is 2.61 bits per heavy atom. The number of rotatable bonds is 8. The third-order valence-electron chi connectivity index (χ3n) is 3.84. The Bertz CT molecular complexity index is 779. The highest BCUT2D eigenvalue weighted by molar-refractivity contribution is 14.0. The molecule has 3 N–H and O–H groups in total. The van der Waals surface area contributed by atoms with Crippen LogP contribution in [-0.2, 0) is 6.54 Å². The van der Waals surface area contributed by atoms with E-state index >= 15 is 0 Å². The van der Waals surface area contributed by atoms with Crippen molar-refractivity contribution in [3.8, 4) is 0 Å². The van der Waals surface area contributed by atoms with Crippen LogP contribution in [-0.4, -0.2) is 37.2 Å². The molecule has 1 amide bonds. The average Bonchev–Trinajstić information content (AvgIpc) is 3.13. The molecule has 154 valence electrons. The minimum Gasteiger partial charge on any atom is -0.359 e. The van der Waals surface area contributed by atoms with Crippen LogP contribution in [0.5, 0.6) is 0 Å². The van der Waals surface area contributed by atoms with Crippen molar-refractivity contribution < 1.29 is 9.32 Å². The lowest BCUT2D eigenvalue weighted by atomic mass is 10.1. The van der Waals surface area contributed by atoms with Crippen LogP contribution in [0, 0.1) is 0 Å². The highest BCUT2D eigenvalue weighted by atomic mass is 127. The molecule has 7 nitrogen and oxygen atoms in total. The fourth-order valence-corrected chi connectivity index (χ4v) is 2.70. The molecule has 0 aliphatic rings. The molecule has 0 spiro atoms. The van der Waals surface area contributed by atoms with E-state index in [-0.39, 0.29) is 29.9 Å². The molecular formula is C19H27BrIN5O2. The van der Waals surface area contributed by atoms with E-state index in [1.54, 1.807) is 19.2 Å². The maximum absolute atomic E-state index is 12.1. The van der Waals surface area contributed by atoms with E-state index in [1.165, 1.54) is 0 Å². The van der Waals surface area contributed by atoms with Gasteiger partial charge in [-0.25, -0.2) is 0 Å². The van der Waals surface area contributed by atoms with Crippen LogP contribution in [0.3, 0.4) is 0 Å². The summed E-state index contributed by atoms with van der Waals surface area (Å²) >= 11 is 3.37. The fourth-order valence-electron chi connectivity index (χ4n) is 2.30. The third kappa shape index (κ3) is 8.17. The van der Waals surface area contributed by atoms with Crippen LogP contribution < -0.4 is 16.0 Å². The van der Waals surface area contributed by atoms with Crippen LogP contribution >= 0.6 is 39.9 Å². The summed E-state index contributed by atoms with van der Waals surface area (Å²) in [7, 11) is 1.71. The second-order valence-corrected chi connectivity index (χ2v) is 7.26. The van der Waals surface area contributed by atoms with Crippen molar-refractivity contribution in [1.29, 1.82) is 0 Å². The van der Waals surface area contributed by atoms with Gasteiger partial charge in [-0.3, -0.25) is 9.79 Å². The lowest BCUT2D eigenvalue weighted by Gasteiger charge is -2.11.